The molecule has 1 aliphatic rings. The third-order valence-electron chi connectivity index (χ3n) is 2.64. The van der Waals surface area contributed by atoms with Crippen molar-refractivity contribution in [3.8, 4) is 0 Å². The maximum atomic E-state index is 3.91. The number of rotatable bonds is 2. The van der Waals surface area contributed by atoms with Gasteiger partial charge in [0.15, 0.2) is 0 Å². The highest BCUT2D eigenvalue weighted by Crippen LogP contribution is 2.28. The predicted octanol–water partition coefficient (Wildman–Crippen LogP) is 2.42. The molecule has 0 aromatic heterocycles. The van der Waals surface area contributed by atoms with E-state index in [2.05, 4.69) is 44.9 Å². The van der Waals surface area contributed by atoms with Gasteiger partial charge in [0.05, 0.1) is 0 Å². The molecule has 14 heavy (non-hydrogen) atoms. The monoisotopic (exact) mass is 196 g/mol. The zero-order valence-corrected chi connectivity index (χ0v) is 10.2. The Morgan fingerprint density at radius 3 is 2.00 bits per heavy atom. The van der Waals surface area contributed by atoms with E-state index in [-0.39, 0.29) is 11.1 Å². The third kappa shape index (κ3) is 3.33. The van der Waals surface area contributed by atoms with E-state index in [0.717, 1.165) is 18.5 Å². The van der Waals surface area contributed by atoms with Crippen LogP contribution in [0.15, 0.2) is 12.3 Å². The lowest BCUT2D eigenvalue weighted by Gasteiger charge is -2.47. The minimum Gasteiger partial charge on any atom is -0.386 e. The molecular weight excluding hydrogens is 172 g/mol. The van der Waals surface area contributed by atoms with Gasteiger partial charge in [0, 0.05) is 22.8 Å². The van der Waals surface area contributed by atoms with Gasteiger partial charge in [-0.25, -0.2) is 0 Å². The van der Waals surface area contributed by atoms with Gasteiger partial charge in [0.2, 0.25) is 0 Å². The van der Waals surface area contributed by atoms with Gasteiger partial charge < -0.3 is 10.6 Å². The molecule has 1 saturated heterocycles. The standard InChI is InChI=1S/C12H24N2/c1-9(2)13-10-7-11(3,4)14-12(5,6)8-10/h10,13-14H,1,7-8H2,2-6H3. The normalized spacial score (nSPS) is 25.8. The zero-order chi connectivity index (χ0) is 11.0. The summed E-state index contributed by atoms with van der Waals surface area (Å²) in [6.07, 6.45) is 2.31. The lowest BCUT2D eigenvalue weighted by molar-refractivity contribution is 0.151. The van der Waals surface area contributed by atoms with Crippen LogP contribution in [0.3, 0.4) is 0 Å². The molecule has 0 spiro atoms. The van der Waals surface area contributed by atoms with Crippen molar-refractivity contribution in [3.05, 3.63) is 12.3 Å². The Kier molecular flexibility index (Phi) is 2.96. The molecule has 0 bridgehead atoms. The summed E-state index contributed by atoms with van der Waals surface area (Å²) in [4.78, 5) is 0. The van der Waals surface area contributed by atoms with Crippen molar-refractivity contribution in [2.75, 3.05) is 0 Å². The third-order valence-corrected chi connectivity index (χ3v) is 2.64. The Bertz CT molecular complexity index is 212. The van der Waals surface area contributed by atoms with Gasteiger partial charge in [-0.3, -0.25) is 0 Å². The molecule has 0 radical (unpaired) electrons. The van der Waals surface area contributed by atoms with Gasteiger partial charge in [0.1, 0.15) is 0 Å². The fourth-order valence-electron chi connectivity index (χ4n) is 2.77. The van der Waals surface area contributed by atoms with Gasteiger partial charge in [-0.2, -0.15) is 0 Å². The highest BCUT2D eigenvalue weighted by Gasteiger charge is 2.37. The maximum absolute atomic E-state index is 3.91. The first-order chi connectivity index (χ1) is 6.20. The van der Waals surface area contributed by atoms with Crippen LogP contribution in [-0.2, 0) is 0 Å². The average molecular weight is 196 g/mol. The van der Waals surface area contributed by atoms with E-state index in [1.165, 1.54) is 0 Å². The van der Waals surface area contributed by atoms with Gasteiger partial charge in [0.25, 0.3) is 0 Å². The Morgan fingerprint density at radius 2 is 1.64 bits per heavy atom. The number of allylic oxidation sites excluding steroid dienone is 1. The number of hydrogen-bond donors (Lipinski definition) is 2. The molecule has 82 valence electrons. The maximum Gasteiger partial charge on any atom is 0.0292 e. The summed E-state index contributed by atoms with van der Waals surface area (Å²) >= 11 is 0. The minimum atomic E-state index is 0.217. The van der Waals surface area contributed by atoms with Crippen LogP contribution < -0.4 is 10.6 Å². The largest absolute Gasteiger partial charge is 0.386 e. The van der Waals surface area contributed by atoms with Crippen LogP contribution in [0.1, 0.15) is 47.5 Å². The summed E-state index contributed by atoms with van der Waals surface area (Å²) in [5.74, 6) is 0. The molecular formula is C12H24N2. The summed E-state index contributed by atoms with van der Waals surface area (Å²) in [6, 6.07) is 0.554. The molecule has 2 heteroatoms. The molecule has 0 aliphatic carbocycles. The van der Waals surface area contributed by atoms with Crippen molar-refractivity contribution >= 4 is 0 Å². The summed E-state index contributed by atoms with van der Waals surface area (Å²) in [6.45, 7) is 15.0. The van der Waals surface area contributed by atoms with E-state index >= 15 is 0 Å². The van der Waals surface area contributed by atoms with Crippen molar-refractivity contribution in [3.63, 3.8) is 0 Å². The second-order valence-corrected chi connectivity index (χ2v) is 5.92. The summed E-state index contributed by atoms with van der Waals surface area (Å²) in [7, 11) is 0. The Labute approximate surface area is 88.2 Å². The zero-order valence-electron chi connectivity index (χ0n) is 10.2. The molecule has 0 aromatic rings. The van der Waals surface area contributed by atoms with Crippen molar-refractivity contribution in [1.29, 1.82) is 0 Å². The highest BCUT2D eigenvalue weighted by atomic mass is 15.1. The quantitative estimate of drug-likeness (QED) is 0.709. The van der Waals surface area contributed by atoms with Crippen LogP contribution in [0.4, 0.5) is 0 Å². The van der Waals surface area contributed by atoms with Crippen molar-refractivity contribution < 1.29 is 0 Å². The van der Waals surface area contributed by atoms with Gasteiger partial charge in [-0.15, -0.1) is 0 Å². The second-order valence-electron chi connectivity index (χ2n) is 5.92. The molecule has 0 amide bonds. The summed E-state index contributed by atoms with van der Waals surface area (Å²) < 4.78 is 0. The van der Waals surface area contributed by atoms with Gasteiger partial charge in [-0.05, 0) is 47.5 Å². The lowest BCUT2D eigenvalue weighted by Crippen LogP contribution is -2.61. The fourth-order valence-corrected chi connectivity index (χ4v) is 2.77. The Balaban J connectivity index is 2.66. The molecule has 1 aliphatic heterocycles. The van der Waals surface area contributed by atoms with Crippen LogP contribution in [0, 0.1) is 0 Å². The molecule has 1 rings (SSSR count). The first-order valence-electron chi connectivity index (χ1n) is 5.42. The average Bonchev–Trinajstić information content (AvgIpc) is 1.74. The van der Waals surface area contributed by atoms with E-state index in [9.17, 15) is 0 Å². The smallest absolute Gasteiger partial charge is 0.0292 e. The number of hydrogen-bond acceptors (Lipinski definition) is 2. The van der Waals surface area contributed by atoms with Gasteiger partial charge >= 0.3 is 0 Å². The van der Waals surface area contributed by atoms with Crippen LogP contribution in [0.2, 0.25) is 0 Å². The van der Waals surface area contributed by atoms with E-state index < -0.39 is 0 Å². The molecule has 1 fully saturated rings. The van der Waals surface area contributed by atoms with E-state index in [1.54, 1.807) is 0 Å². The number of nitrogens with one attached hydrogen (secondary N) is 2. The molecule has 0 saturated carbocycles. The van der Waals surface area contributed by atoms with Crippen molar-refractivity contribution in [2.24, 2.45) is 0 Å². The molecule has 0 unspecified atom stereocenters. The second kappa shape index (κ2) is 3.58. The topological polar surface area (TPSA) is 24.1 Å². The molecule has 2 nitrogen and oxygen atoms in total. The van der Waals surface area contributed by atoms with Crippen LogP contribution in [0.5, 0.6) is 0 Å². The van der Waals surface area contributed by atoms with Crippen LogP contribution in [-0.4, -0.2) is 17.1 Å². The highest BCUT2D eigenvalue weighted by molar-refractivity contribution is 5.02. The molecule has 0 aromatic carbocycles. The van der Waals surface area contributed by atoms with E-state index in [1.807, 2.05) is 6.92 Å². The van der Waals surface area contributed by atoms with Gasteiger partial charge in [-0.1, -0.05) is 6.58 Å². The van der Waals surface area contributed by atoms with Crippen LogP contribution >= 0.6 is 0 Å². The number of piperidine rings is 1. The minimum absolute atomic E-state index is 0.217. The summed E-state index contributed by atoms with van der Waals surface area (Å²) in [5.41, 5.74) is 1.51. The molecule has 1 heterocycles. The fraction of sp³-hybridized carbons (Fsp3) is 0.833. The summed E-state index contributed by atoms with van der Waals surface area (Å²) in [5, 5.41) is 7.12. The van der Waals surface area contributed by atoms with E-state index in [0.29, 0.717) is 6.04 Å². The first-order valence-corrected chi connectivity index (χ1v) is 5.42. The van der Waals surface area contributed by atoms with Crippen LogP contribution in [0.25, 0.3) is 0 Å². The van der Waals surface area contributed by atoms with E-state index in [4.69, 9.17) is 0 Å². The predicted molar refractivity (Wildman–Crippen MR) is 62.3 cm³/mol. The Hall–Kier alpha value is -0.500. The Morgan fingerprint density at radius 1 is 1.21 bits per heavy atom. The molecule has 0 atom stereocenters. The first kappa shape index (κ1) is 11.6. The molecule has 2 N–H and O–H groups in total. The van der Waals surface area contributed by atoms with Crippen molar-refractivity contribution in [1.82, 2.24) is 10.6 Å². The SMILES string of the molecule is C=C(C)NC1CC(C)(C)NC(C)(C)C1. The van der Waals surface area contributed by atoms with Crippen molar-refractivity contribution in [2.45, 2.75) is 64.6 Å². The lowest BCUT2D eigenvalue weighted by atomic mass is 9.79.